The molecule has 5 nitrogen and oxygen atoms in total. The molecular weight excluding hydrogens is 137 g/mol. The number of hydrogen-bond acceptors (Lipinski definition) is 5. The summed E-state index contributed by atoms with van der Waals surface area (Å²) < 4.78 is 9.19. The molecule has 0 aliphatic heterocycles. The fourth-order valence-corrected chi connectivity index (χ4v) is 0.398. The SMILES string of the molecule is NCCOCCOB(O)O. The van der Waals surface area contributed by atoms with Crippen molar-refractivity contribution in [2.75, 3.05) is 26.4 Å². The summed E-state index contributed by atoms with van der Waals surface area (Å²) in [7, 11) is -1.71. The van der Waals surface area contributed by atoms with E-state index in [9.17, 15) is 0 Å². The first-order valence-electron chi connectivity index (χ1n) is 3.03. The molecule has 0 fully saturated rings. The molecule has 0 atom stereocenters. The van der Waals surface area contributed by atoms with Crippen LogP contribution in [0.15, 0.2) is 0 Å². The van der Waals surface area contributed by atoms with Gasteiger partial charge in [-0.05, 0) is 0 Å². The van der Waals surface area contributed by atoms with Crippen LogP contribution in [0.5, 0.6) is 0 Å². The van der Waals surface area contributed by atoms with Crippen LogP contribution in [0.2, 0.25) is 0 Å². The maximum atomic E-state index is 8.16. The minimum Gasteiger partial charge on any atom is -0.402 e. The van der Waals surface area contributed by atoms with Gasteiger partial charge in [-0.25, -0.2) is 0 Å². The van der Waals surface area contributed by atoms with Crippen molar-refractivity contribution in [2.24, 2.45) is 5.73 Å². The molecule has 0 aromatic heterocycles. The third kappa shape index (κ3) is 7.86. The van der Waals surface area contributed by atoms with Gasteiger partial charge in [0.1, 0.15) is 0 Å². The normalized spacial score (nSPS) is 9.90. The molecule has 0 saturated carbocycles. The highest BCUT2D eigenvalue weighted by Gasteiger charge is 2.06. The highest BCUT2D eigenvalue weighted by molar-refractivity contribution is 6.32. The quantitative estimate of drug-likeness (QED) is 0.299. The Morgan fingerprint density at radius 2 is 1.90 bits per heavy atom. The zero-order chi connectivity index (χ0) is 7.82. The predicted molar refractivity (Wildman–Crippen MR) is 36.0 cm³/mol. The molecule has 0 bridgehead atoms. The smallest absolute Gasteiger partial charge is 0.402 e. The van der Waals surface area contributed by atoms with E-state index in [1.54, 1.807) is 0 Å². The summed E-state index contributed by atoms with van der Waals surface area (Å²) in [4.78, 5) is 0. The molecule has 0 amide bonds. The van der Waals surface area contributed by atoms with Gasteiger partial charge in [-0.3, -0.25) is 0 Å². The lowest BCUT2D eigenvalue weighted by Crippen LogP contribution is -2.20. The summed E-state index contributed by atoms with van der Waals surface area (Å²) in [5.41, 5.74) is 5.11. The van der Waals surface area contributed by atoms with Crippen LogP contribution in [0.25, 0.3) is 0 Å². The lowest BCUT2D eigenvalue weighted by atomic mass is 10.3. The zero-order valence-corrected chi connectivity index (χ0v) is 5.69. The van der Waals surface area contributed by atoms with Gasteiger partial charge < -0.3 is 25.2 Å². The zero-order valence-electron chi connectivity index (χ0n) is 5.69. The Labute approximate surface area is 59.9 Å². The summed E-state index contributed by atoms with van der Waals surface area (Å²) in [6.07, 6.45) is 0. The van der Waals surface area contributed by atoms with E-state index >= 15 is 0 Å². The number of ether oxygens (including phenoxy) is 1. The molecule has 10 heavy (non-hydrogen) atoms. The Bertz CT molecular complexity index is 72.3. The van der Waals surface area contributed by atoms with Gasteiger partial charge in [0.15, 0.2) is 0 Å². The minimum absolute atomic E-state index is 0.164. The Morgan fingerprint density at radius 3 is 2.40 bits per heavy atom. The number of nitrogens with two attached hydrogens (primary N) is 1. The van der Waals surface area contributed by atoms with Crippen LogP contribution in [-0.4, -0.2) is 43.7 Å². The van der Waals surface area contributed by atoms with Crippen molar-refractivity contribution < 1.29 is 19.4 Å². The highest BCUT2D eigenvalue weighted by Crippen LogP contribution is 1.77. The second-order valence-electron chi connectivity index (χ2n) is 1.60. The first-order valence-corrected chi connectivity index (χ1v) is 3.03. The van der Waals surface area contributed by atoms with E-state index in [0.29, 0.717) is 19.8 Å². The molecule has 0 aromatic rings. The Morgan fingerprint density at radius 1 is 1.20 bits per heavy atom. The highest BCUT2D eigenvalue weighted by atomic mass is 16.6. The van der Waals surface area contributed by atoms with Gasteiger partial charge in [-0.2, -0.15) is 0 Å². The summed E-state index contributed by atoms with van der Waals surface area (Å²) in [5.74, 6) is 0. The van der Waals surface area contributed by atoms with E-state index in [0.717, 1.165) is 0 Å². The third-order valence-electron chi connectivity index (χ3n) is 0.757. The average molecular weight is 149 g/mol. The predicted octanol–water partition coefficient (Wildman–Crippen LogP) is -2.05. The van der Waals surface area contributed by atoms with E-state index in [-0.39, 0.29) is 6.61 Å². The first kappa shape index (κ1) is 9.86. The van der Waals surface area contributed by atoms with Crippen LogP contribution in [0.4, 0.5) is 0 Å². The first-order chi connectivity index (χ1) is 4.77. The van der Waals surface area contributed by atoms with E-state index < -0.39 is 7.32 Å². The van der Waals surface area contributed by atoms with Crippen molar-refractivity contribution in [3.63, 3.8) is 0 Å². The van der Waals surface area contributed by atoms with Crippen molar-refractivity contribution >= 4 is 7.32 Å². The van der Waals surface area contributed by atoms with E-state index in [4.69, 9.17) is 20.5 Å². The lowest BCUT2D eigenvalue weighted by Gasteiger charge is -2.02. The maximum Gasteiger partial charge on any atom is 0.633 e. The van der Waals surface area contributed by atoms with Crippen LogP contribution >= 0.6 is 0 Å². The Balaban J connectivity index is 2.77. The fourth-order valence-electron chi connectivity index (χ4n) is 0.398. The van der Waals surface area contributed by atoms with Gasteiger partial charge in [0.25, 0.3) is 0 Å². The summed E-state index contributed by atoms with van der Waals surface area (Å²) in [5, 5.41) is 16.3. The third-order valence-corrected chi connectivity index (χ3v) is 0.757. The molecule has 0 heterocycles. The molecule has 0 unspecified atom stereocenters. The molecule has 0 aromatic carbocycles. The van der Waals surface area contributed by atoms with Gasteiger partial charge in [-0.15, -0.1) is 0 Å². The molecule has 0 radical (unpaired) electrons. The molecule has 4 N–H and O–H groups in total. The van der Waals surface area contributed by atoms with Crippen LogP contribution in [0.3, 0.4) is 0 Å². The van der Waals surface area contributed by atoms with Gasteiger partial charge in [0.2, 0.25) is 0 Å². The average Bonchev–Trinajstić information content (AvgIpc) is 1.87. The Kier molecular flexibility index (Phi) is 6.88. The molecule has 0 aliphatic carbocycles. The van der Waals surface area contributed by atoms with E-state index in [1.807, 2.05) is 0 Å². The van der Waals surface area contributed by atoms with Gasteiger partial charge >= 0.3 is 7.32 Å². The molecular formula is C4H12BNO4. The largest absolute Gasteiger partial charge is 0.633 e. The summed E-state index contributed by atoms with van der Waals surface area (Å²) >= 11 is 0. The van der Waals surface area contributed by atoms with Crippen LogP contribution < -0.4 is 5.73 Å². The Hall–Kier alpha value is -0.135. The van der Waals surface area contributed by atoms with Gasteiger partial charge in [0, 0.05) is 6.54 Å². The van der Waals surface area contributed by atoms with Crippen molar-refractivity contribution in [2.45, 2.75) is 0 Å². The summed E-state index contributed by atoms with van der Waals surface area (Å²) in [6, 6.07) is 0. The number of rotatable bonds is 6. The van der Waals surface area contributed by atoms with Crippen LogP contribution in [0, 0.1) is 0 Å². The van der Waals surface area contributed by atoms with E-state index in [2.05, 4.69) is 4.65 Å². The topological polar surface area (TPSA) is 84.9 Å². The second kappa shape index (κ2) is 6.98. The second-order valence-corrected chi connectivity index (χ2v) is 1.60. The van der Waals surface area contributed by atoms with Crippen molar-refractivity contribution in [1.29, 1.82) is 0 Å². The van der Waals surface area contributed by atoms with Crippen LogP contribution in [0.1, 0.15) is 0 Å². The molecule has 0 saturated heterocycles. The monoisotopic (exact) mass is 149 g/mol. The maximum absolute atomic E-state index is 8.16. The molecule has 6 heteroatoms. The molecule has 60 valence electrons. The summed E-state index contributed by atoms with van der Waals surface area (Å²) in [6.45, 7) is 1.42. The lowest BCUT2D eigenvalue weighted by molar-refractivity contribution is 0.0835. The van der Waals surface area contributed by atoms with E-state index in [1.165, 1.54) is 0 Å². The minimum atomic E-state index is -1.71. The van der Waals surface area contributed by atoms with Crippen LogP contribution in [-0.2, 0) is 9.39 Å². The number of hydrogen-bond donors (Lipinski definition) is 3. The molecule has 0 spiro atoms. The van der Waals surface area contributed by atoms with Gasteiger partial charge in [0.05, 0.1) is 19.8 Å². The molecule has 0 rings (SSSR count). The van der Waals surface area contributed by atoms with Gasteiger partial charge in [-0.1, -0.05) is 0 Å². The van der Waals surface area contributed by atoms with Crippen molar-refractivity contribution in [1.82, 2.24) is 0 Å². The standard InChI is InChI=1S/C4H12BNO4/c6-1-2-9-3-4-10-5(7)8/h7-8H,1-4,6H2. The fraction of sp³-hybridized carbons (Fsp3) is 1.00. The van der Waals surface area contributed by atoms with Crippen molar-refractivity contribution in [3.8, 4) is 0 Å². The van der Waals surface area contributed by atoms with Crippen molar-refractivity contribution in [3.05, 3.63) is 0 Å². The molecule has 0 aliphatic rings.